The number of nitrogens with zero attached hydrogens (tertiary/aromatic N) is 3. The number of hydrogen-bond acceptors (Lipinski definition) is 4. The molecule has 6 heteroatoms. The van der Waals surface area contributed by atoms with Gasteiger partial charge < -0.3 is 15.2 Å². The fourth-order valence-electron chi connectivity index (χ4n) is 3.24. The summed E-state index contributed by atoms with van der Waals surface area (Å²) in [5.41, 5.74) is 3.42. The van der Waals surface area contributed by atoms with Crippen LogP contribution >= 0.6 is 17.0 Å². The largest absolute Gasteiger partial charge is 0.369 e. The van der Waals surface area contributed by atoms with Crippen LogP contribution in [-0.4, -0.2) is 54.1 Å². The third-order valence-electron chi connectivity index (χ3n) is 4.60. The molecule has 2 heterocycles. The van der Waals surface area contributed by atoms with E-state index in [-0.39, 0.29) is 17.0 Å². The SMILES string of the molecule is Br.c1ccc(N2CCN(CCNc3nc4ccccc4[nH]3)CC2)cc1. The van der Waals surface area contributed by atoms with Crippen molar-refractivity contribution in [3.8, 4) is 0 Å². The van der Waals surface area contributed by atoms with Crippen molar-refractivity contribution in [3.63, 3.8) is 0 Å². The number of benzene rings is 2. The molecule has 0 atom stereocenters. The van der Waals surface area contributed by atoms with E-state index >= 15 is 0 Å². The maximum absolute atomic E-state index is 4.55. The molecule has 0 amide bonds. The van der Waals surface area contributed by atoms with Gasteiger partial charge in [-0.1, -0.05) is 30.3 Å². The van der Waals surface area contributed by atoms with Crippen LogP contribution in [-0.2, 0) is 0 Å². The van der Waals surface area contributed by atoms with Crippen molar-refractivity contribution < 1.29 is 0 Å². The average Bonchev–Trinajstić information content (AvgIpc) is 3.06. The summed E-state index contributed by atoms with van der Waals surface area (Å²) >= 11 is 0. The molecule has 4 rings (SSSR count). The Balaban J connectivity index is 0.00000182. The molecule has 2 aromatic carbocycles. The molecular formula is C19H24BrN5. The van der Waals surface area contributed by atoms with Crippen LogP contribution in [0.3, 0.4) is 0 Å². The lowest BCUT2D eigenvalue weighted by molar-refractivity contribution is 0.267. The van der Waals surface area contributed by atoms with Crippen molar-refractivity contribution in [2.24, 2.45) is 0 Å². The lowest BCUT2D eigenvalue weighted by Crippen LogP contribution is -2.47. The summed E-state index contributed by atoms with van der Waals surface area (Å²) in [5.74, 6) is 0.860. The highest BCUT2D eigenvalue weighted by Gasteiger charge is 2.16. The van der Waals surface area contributed by atoms with Gasteiger partial charge in [-0.05, 0) is 24.3 Å². The standard InChI is InChI=1S/C19H23N5.BrH/c1-2-6-16(7-3-1)24-14-12-23(13-15-24)11-10-20-19-21-17-8-4-5-9-18(17)22-19;/h1-9H,10-15H2,(H2,20,21,22);1H. The minimum atomic E-state index is 0. The van der Waals surface area contributed by atoms with Gasteiger partial charge in [0.1, 0.15) is 0 Å². The van der Waals surface area contributed by atoms with Gasteiger partial charge in [0.25, 0.3) is 0 Å². The number of para-hydroxylation sites is 3. The van der Waals surface area contributed by atoms with Gasteiger partial charge in [-0.3, -0.25) is 4.90 Å². The van der Waals surface area contributed by atoms with E-state index in [4.69, 9.17) is 0 Å². The van der Waals surface area contributed by atoms with Crippen LogP contribution in [0.1, 0.15) is 0 Å². The van der Waals surface area contributed by atoms with Crippen LogP contribution in [0.25, 0.3) is 11.0 Å². The summed E-state index contributed by atoms with van der Waals surface area (Å²) in [5, 5.41) is 3.40. The Kier molecular flexibility index (Phi) is 5.94. The molecule has 2 N–H and O–H groups in total. The number of nitrogens with one attached hydrogen (secondary N) is 2. The number of H-pyrrole nitrogens is 1. The lowest BCUT2D eigenvalue weighted by atomic mass is 10.2. The maximum atomic E-state index is 4.55. The number of hydrogen-bond donors (Lipinski definition) is 2. The Hall–Kier alpha value is -2.05. The van der Waals surface area contributed by atoms with Crippen molar-refractivity contribution in [1.29, 1.82) is 0 Å². The Morgan fingerprint density at radius 2 is 1.64 bits per heavy atom. The molecule has 1 saturated heterocycles. The van der Waals surface area contributed by atoms with E-state index in [1.165, 1.54) is 5.69 Å². The number of anilines is 2. The van der Waals surface area contributed by atoms with Gasteiger partial charge in [-0.15, -0.1) is 17.0 Å². The average molecular weight is 402 g/mol. The molecule has 0 aliphatic carbocycles. The zero-order valence-electron chi connectivity index (χ0n) is 14.2. The third kappa shape index (κ3) is 4.32. The summed E-state index contributed by atoms with van der Waals surface area (Å²) in [6, 6.07) is 18.8. The van der Waals surface area contributed by atoms with E-state index in [0.29, 0.717) is 0 Å². The van der Waals surface area contributed by atoms with Gasteiger partial charge in [0.05, 0.1) is 11.0 Å². The van der Waals surface area contributed by atoms with E-state index in [9.17, 15) is 0 Å². The van der Waals surface area contributed by atoms with E-state index < -0.39 is 0 Å². The highest BCUT2D eigenvalue weighted by molar-refractivity contribution is 8.93. The van der Waals surface area contributed by atoms with Crippen molar-refractivity contribution in [3.05, 3.63) is 54.6 Å². The van der Waals surface area contributed by atoms with Crippen molar-refractivity contribution in [1.82, 2.24) is 14.9 Å². The number of fused-ring (bicyclic) bond motifs is 1. The van der Waals surface area contributed by atoms with Gasteiger partial charge in [0.2, 0.25) is 5.95 Å². The van der Waals surface area contributed by atoms with Gasteiger partial charge in [0, 0.05) is 45.0 Å². The summed E-state index contributed by atoms with van der Waals surface area (Å²) in [7, 11) is 0. The predicted molar refractivity (Wildman–Crippen MR) is 110 cm³/mol. The van der Waals surface area contributed by atoms with Gasteiger partial charge in [0.15, 0.2) is 0 Å². The highest BCUT2D eigenvalue weighted by atomic mass is 79.9. The minimum Gasteiger partial charge on any atom is -0.369 e. The first kappa shape index (κ1) is 17.8. The number of rotatable bonds is 5. The fourth-order valence-corrected chi connectivity index (χ4v) is 3.24. The Morgan fingerprint density at radius 1 is 0.920 bits per heavy atom. The second-order valence-electron chi connectivity index (χ2n) is 6.19. The zero-order valence-corrected chi connectivity index (χ0v) is 15.9. The normalized spacial score (nSPS) is 15.1. The predicted octanol–water partition coefficient (Wildman–Crippen LogP) is 3.37. The van der Waals surface area contributed by atoms with Gasteiger partial charge >= 0.3 is 0 Å². The van der Waals surface area contributed by atoms with Crippen LogP contribution in [0, 0.1) is 0 Å². The van der Waals surface area contributed by atoms with Gasteiger partial charge in [-0.2, -0.15) is 0 Å². The number of piperazine rings is 1. The molecule has 0 unspecified atom stereocenters. The first-order valence-corrected chi connectivity index (χ1v) is 8.59. The van der Waals surface area contributed by atoms with E-state index in [1.54, 1.807) is 0 Å². The third-order valence-corrected chi connectivity index (χ3v) is 4.60. The lowest BCUT2D eigenvalue weighted by Gasteiger charge is -2.36. The molecular weight excluding hydrogens is 378 g/mol. The van der Waals surface area contributed by atoms with Crippen LogP contribution in [0.15, 0.2) is 54.6 Å². The molecule has 132 valence electrons. The first-order chi connectivity index (χ1) is 11.9. The van der Waals surface area contributed by atoms with E-state index in [1.807, 2.05) is 18.2 Å². The van der Waals surface area contributed by atoms with Crippen LogP contribution in [0.5, 0.6) is 0 Å². The van der Waals surface area contributed by atoms with E-state index in [2.05, 4.69) is 61.5 Å². The topological polar surface area (TPSA) is 47.2 Å². The quantitative estimate of drug-likeness (QED) is 0.687. The molecule has 25 heavy (non-hydrogen) atoms. The van der Waals surface area contributed by atoms with Crippen LogP contribution in [0.2, 0.25) is 0 Å². The zero-order chi connectivity index (χ0) is 16.2. The summed E-state index contributed by atoms with van der Waals surface area (Å²) in [6.07, 6.45) is 0. The Morgan fingerprint density at radius 3 is 2.40 bits per heavy atom. The molecule has 0 saturated carbocycles. The Bertz CT molecular complexity index is 748. The number of halogens is 1. The molecule has 1 fully saturated rings. The molecule has 1 aliphatic heterocycles. The monoisotopic (exact) mass is 401 g/mol. The van der Waals surface area contributed by atoms with E-state index in [0.717, 1.165) is 56.3 Å². The molecule has 0 bridgehead atoms. The van der Waals surface area contributed by atoms with Crippen molar-refractivity contribution in [2.75, 3.05) is 49.5 Å². The highest BCUT2D eigenvalue weighted by Crippen LogP contribution is 2.16. The number of aromatic nitrogens is 2. The first-order valence-electron chi connectivity index (χ1n) is 8.59. The second-order valence-corrected chi connectivity index (χ2v) is 6.19. The maximum Gasteiger partial charge on any atom is 0.201 e. The number of aromatic amines is 1. The van der Waals surface area contributed by atoms with Gasteiger partial charge in [-0.25, -0.2) is 4.98 Å². The molecule has 0 radical (unpaired) electrons. The van der Waals surface area contributed by atoms with Crippen molar-refractivity contribution >= 4 is 39.7 Å². The molecule has 3 aromatic rings. The fraction of sp³-hybridized carbons (Fsp3) is 0.316. The molecule has 5 nitrogen and oxygen atoms in total. The molecule has 1 aliphatic rings. The Labute approximate surface area is 158 Å². The summed E-state index contributed by atoms with van der Waals surface area (Å²) < 4.78 is 0. The molecule has 1 aromatic heterocycles. The second kappa shape index (κ2) is 8.36. The van der Waals surface area contributed by atoms with Crippen LogP contribution < -0.4 is 10.2 Å². The van der Waals surface area contributed by atoms with Crippen molar-refractivity contribution in [2.45, 2.75) is 0 Å². The molecule has 0 spiro atoms. The smallest absolute Gasteiger partial charge is 0.201 e. The minimum absolute atomic E-state index is 0. The van der Waals surface area contributed by atoms with Crippen LogP contribution in [0.4, 0.5) is 11.6 Å². The summed E-state index contributed by atoms with van der Waals surface area (Å²) in [4.78, 5) is 12.8. The number of imidazole rings is 1. The summed E-state index contributed by atoms with van der Waals surface area (Å²) in [6.45, 7) is 6.35.